The van der Waals surface area contributed by atoms with Crippen LogP contribution in [0.15, 0.2) is 0 Å². The van der Waals surface area contributed by atoms with Crippen LogP contribution < -0.4 is 0 Å². The molecule has 0 spiro atoms. The number of hydrogen-bond donors (Lipinski definition) is 0. The molecule has 3 heterocycles. The first kappa shape index (κ1) is 10.5. The number of unbranched alkanes of at least 4 members (excludes halogenated alkanes) is 3. The lowest BCUT2D eigenvalue weighted by Crippen LogP contribution is -2.58. The predicted molar refractivity (Wildman–Crippen MR) is 61.2 cm³/mol. The zero-order valence-electron chi connectivity index (χ0n) is 9.80. The molecular formula is C13H26N+. The summed E-state index contributed by atoms with van der Waals surface area (Å²) in [6.45, 7) is 8.33. The van der Waals surface area contributed by atoms with Crippen molar-refractivity contribution in [1.82, 2.24) is 0 Å². The van der Waals surface area contributed by atoms with Crippen molar-refractivity contribution in [3.8, 4) is 0 Å². The minimum atomic E-state index is 1.12. The van der Waals surface area contributed by atoms with Crippen LogP contribution in [0.4, 0.5) is 0 Å². The van der Waals surface area contributed by atoms with Crippen LogP contribution in [-0.4, -0.2) is 30.7 Å². The molecule has 0 atom stereocenters. The Morgan fingerprint density at radius 1 is 0.929 bits per heavy atom. The Labute approximate surface area is 89.1 Å². The van der Waals surface area contributed by atoms with E-state index in [2.05, 4.69) is 6.92 Å². The van der Waals surface area contributed by atoms with Crippen LogP contribution in [0.2, 0.25) is 0 Å². The van der Waals surface area contributed by atoms with Gasteiger partial charge in [0.1, 0.15) is 0 Å². The second kappa shape index (κ2) is 4.65. The summed E-state index contributed by atoms with van der Waals surface area (Å²) >= 11 is 0. The van der Waals surface area contributed by atoms with Crippen LogP contribution >= 0.6 is 0 Å². The molecule has 0 radical (unpaired) electrons. The number of nitrogens with zero attached hydrogens (tertiary/aromatic N) is 1. The second-order valence-corrected chi connectivity index (χ2v) is 5.53. The van der Waals surface area contributed by atoms with Gasteiger partial charge in [-0.25, -0.2) is 0 Å². The molecule has 3 aliphatic heterocycles. The largest absolute Gasteiger partial charge is 0.324 e. The maximum Gasteiger partial charge on any atom is 0.0789 e. The fourth-order valence-corrected chi connectivity index (χ4v) is 3.35. The van der Waals surface area contributed by atoms with Crippen molar-refractivity contribution in [3.05, 3.63) is 0 Å². The van der Waals surface area contributed by atoms with Crippen molar-refractivity contribution in [2.24, 2.45) is 5.92 Å². The van der Waals surface area contributed by atoms with E-state index in [0.29, 0.717) is 0 Å². The summed E-state index contributed by atoms with van der Waals surface area (Å²) in [5, 5.41) is 0. The second-order valence-electron chi connectivity index (χ2n) is 5.53. The molecule has 82 valence electrons. The standard InChI is InChI=1S/C13H26N/c1-2-3-4-5-9-14-10-6-13(7-11-14)8-12-14/h13H,2-12H2,1H3/q+1. The van der Waals surface area contributed by atoms with E-state index < -0.39 is 0 Å². The van der Waals surface area contributed by atoms with Gasteiger partial charge in [0, 0.05) is 0 Å². The minimum Gasteiger partial charge on any atom is -0.324 e. The van der Waals surface area contributed by atoms with Crippen LogP contribution in [0.25, 0.3) is 0 Å². The predicted octanol–water partition coefficient (Wildman–Crippen LogP) is 3.20. The van der Waals surface area contributed by atoms with Crippen molar-refractivity contribution >= 4 is 0 Å². The van der Waals surface area contributed by atoms with Gasteiger partial charge >= 0.3 is 0 Å². The Morgan fingerprint density at radius 3 is 2.14 bits per heavy atom. The van der Waals surface area contributed by atoms with Crippen molar-refractivity contribution < 1.29 is 4.48 Å². The highest BCUT2D eigenvalue weighted by Crippen LogP contribution is 2.33. The lowest BCUT2D eigenvalue weighted by molar-refractivity contribution is -0.942. The minimum absolute atomic E-state index is 1.12. The summed E-state index contributed by atoms with van der Waals surface area (Å²) in [4.78, 5) is 0. The van der Waals surface area contributed by atoms with E-state index in [-0.39, 0.29) is 0 Å². The Balaban J connectivity index is 1.72. The van der Waals surface area contributed by atoms with Crippen molar-refractivity contribution in [2.45, 2.75) is 51.9 Å². The highest BCUT2D eigenvalue weighted by atomic mass is 15.4. The van der Waals surface area contributed by atoms with E-state index in [0.717, 1.165) is 5.92 Å². The van der Waals surface area contributed by atoms with Gasteiger partial charge in [-0.1, -0.05) is 19.8 Å². The normalized spacial score (nSPS) is 36.2. The highest BCUT2D eigenvalue weighted by Gasteiger charge is 2.38. The Morgan fingerprint density at radius 2 is 1.57 bits per heavy atom. The van der Waals surface area contributed by atoms with E-state index in [9.17, 15) is 0 Å². The third kappa shape index (κ3) is 2.31. The van der Waals surface area contributed by atoms with Gasteiger partial charge in [0.25, 0.3) is 0 Å². The molecule has 1 nitrogen and oxygen atoms in total. The summed E-state index contributed by atoms with van der Waals surface area (Å²) < 4.78 is 1.50. The van der Waals surface area contributed by atoms with Crippen LogP contribution in [0.1, 0.15) is 51.9 Å². The molecule has 0 amide bonds. The Kier molecular flexibility index (Phi) is 3.48. The van der Waals surface area contributed by atoms with Crippen molar-refractivity contribution in [1.29, 1.82) is 0 Å². The van der Waals surface area contributed by atoms with Crippen molar-refractivity contribution in [3.63, 3.8) is 0 Å². The summed E-state index contributed by atoms with van der Waals surface area (Å²) in [7, 11) is 0. The molecule has 0 aromatic rings. The SMILES string of the molecule is CCCCCC[N+]12CCC(CC1)CC2. The molecule has 0 aromatic heterocycles. The molecule has 3 fully saturated rings. The average Bonchev–Trinajstić information content (AvgIpc) is 2.27. The average molecular weight is 196 g/mol. The summed E-state index contributed by atoms with van der Waals surface area (Å²) in [6.07, 6.45) is 10.4. The zero-order chi connectivity index (χ0) is 9.86. The number of hydrogen-bond acceptors (Lipinski definition) is 0. The molecule has 0 unspecified atom stereocenters. The zero-order valence-corrected chi connectivity index (χ0v) is 9.80. The van der Waals surface area contributed by atoms with Crippen LogP contribution in [0, 0.1) is 5.92 Å². The first-order valence-electron chi connectivity index (χ1n) is 6.70. The van der Waals surface area contributed by atoms with Gasteiger partial charge in [-0.2, -0.15) is 0 Å². The molecule has 2 bridgehead atoms. The molecule has 0 aliphatic carbocycles. The fourth-order valence-electron chi connectivity index (χ4n) is 3.35. The third-order valence-electron chi connectivity index (χ3n) is 4.52. The molecule has 0 aromatic carbocycles. The summed E-state index contributed by atoms with van der Waals surface area (Å²) in [5.74, 6) is 1.12. The van der Waals surface area contributed by atoms with Gasteiger partial charge in [-0.05, 0) is 38.0 Å². The molecule has 1 heteroatoms. The molecule has 3 rings (SSSR count). The van der Waals surface area contributed by atoms with Gasteiger partial charge in [0.2, 0.25) is 0 Å². The monoisotopic (exact) mass is 196 g/mol. The third-order valence-corrected chi connectivity index (χ3v) is 4.52. The molecule has 0 saturated carbocycles. The van der Waals surface area contributed by atoms with E-state index in [1.54, 1.807) is 0 Å². The van der Waals surface area contributed by atoms with E-state index in [4.69, 9.17) is 0 Å². The van der Waals surface area contributed by atoms with Gasteiger partial charge in [-0.15, -0.1) is 0 Å². The molecular weight excluding hydrogens is 170 g/mol. The lowest BCUT2D eigenvalue weighted by atomic mass is 9.85. The topological polar surface area (TPSA) is 0 Å². The van der Waals surface area contributed by atoms with E-state index in [1.165, 1.54) is 75.6 Å². The van der Waals surface area contributed by atoms with Gasteiger partial charge in [-0.3, -0.25) is 0 Å². The van der Waals surface area contributed by atoms with Gasteiger partial charge < -0.3 is 4.48 Å². The van der Waals surface area contributed by atoms with Gasteiger partial charge in [0.05, 0.1) is 26.2 Å². The first-order valence-corrected chi connectivity index (χ1v) is 6.70. The molecule has 3 saturated heterocycles. The van der Waals surface area contributed by atoms with Crippen molar-refractivity contribution in [2.75, 3.05) is 26.2 Å². The maximum absolute atomic E-state index is 2.30. The number of quaternary nitrogens is 1. The quantitative estimate of drug-likeness (QED) is 0.468. The Bertz CT molecular complexity index is 154. The highest BCUT2D eigenvalue weighted by molar-refractivity contribution is 4.71. The van der Waals surface area contributed by atoms with Crippen LogP contribution in [0.5, 0.6) is 0 Å². The summed E-state index contributed by atoms with van der Waals surface area (Å²) in [6, 6.07) is 0. The number of piperidine rings is 3. The molecule has 3 aliphatic rings. The molecule has 0 N–H and O–H groups in total. The van der Waals surface area contributed by atoms with Crippen LogP contribution in [0.3, 0.4) is 0 Å². The van der Waals surface area contributed by atoms with Crippen LogP contribution in [-0.2, 0) is 0 Å². The van der Waals surface area contributed by atoms with Gasteiger partial charge in [0.15, 0.2) is 0 Å². The van der Waals surface area contributed by atoms with E-state index >= 15 is 0 Å². The fraction of sp³-hybridized carbons (Fsp3) is 1.00. The number of rotatable bonds is 5. The smallest absolute Gasteiger partial charge is 0.0789 e. The lowest BCUT2D eigenvalue weighted by Gasteiger charge is -2.49. The maximum atomic E-state index is 2.30. The Hall–Kier alpha value is -0.0400. The first-order chi connectivity index (χ1) is 6.85. The van der Waals surface area contributed by atoms with E-state index in [1.807, 2.05) is 0 Å². The number of fused-ring (bicyclic) bond motifs is 3. The molecule has 14 heavy (non-hydrogen) atoms. The summed E-state index contributed by atoms with van der Waals surface area (Å²) in [5.41, 5.74) is 0.